The molecule has 94 valence electrons. The lowest BCUT2D eigenvalue weighted by molar-refractivity contribution is -0.133. The van der Waals surface area contributed by atoms with Gasteiger partial charge in [-0.1, -0.05) is 13.0 Å². The maximum atomic E-state index is 12.0. The first kappa shape index (κ1) is 12.6. The molecule has 1 N–H and O–H groups in total. The zero-order valence-corrected chi connectivity index (χ0v) is 10.5. The number of pyridine rings is 1. The van der Waals surface area contributed by atoms with Crippen molar-refractivity contribution in [3.8, 4) is 6.07 Å². The maximum absolute atomic E-state index is 12.0. The lowest BCUT2D eigenvalue weighted by Gasteiger charge is -2.39. The summed E-state index contributed by atoms with van der Waals surface area (Å²) < 4.78 is 0. The lowest BCUT2D eigenvalue weighted by Crippen LogP contribution is -2.48. The molecule has 1 saturated carbocycles. The molecule has 0 bridgehead atoms. The third-order valence-electron chi connectivity index (χ3n) is 3.44. The molecular formula is C14H17N3O. The van der Waals surface area contributed by atoms with Gasteiger partial charge in [0, 0.05) is 24.9 Å². The number of rotatable bonds is 4. The van der Waals surface area contributed by atoms with Gasteiger partial charge in [-0.25, -0.2) is 0 Å². The predicted octanol–water partition coefficient (Wildman–Crippen LogP) is 1.68. The van der Waals surface area contributed by atoms with Crippen LogP contribution >= 0.6 is 0 Å². The van der Waals surface area contributed by atoms with Crippen molar-refractivity contribution in [3.63, 3.8) is 0 Å². The number of amides is 1. The second-order valence-electron chi connectivity index (χ2n) is 5.03. The van der Waals surface area contributed by atoms with E-state index in [9.17, 15) is 4.79 Å². The quantitative estimate of drug-likeness (QED) is 0.875. The van der Waals surface area contributed by atoms with Crippen molar-refractivity contribution in [1.82, 2.24) is 10.3 Å². The van der Waals surface area contributed by atoms with Gasteiger partial charge in [0.2, 0.25) is 5.91 Å². The molecule has 0 atom stereocenters. The van der Waals surface area contributed by atoms with E-state index in [1.165, 1.54) is 0 Å². The summed E-state index contributed by atoms with van der Waals surface area (Å²) in [7, 11) is 0. The monoisotopic (exact) mass is 243 g/mol. The van der Waals surface area contributed by atoms with Crippen molar-refractivity contribution >= 4 is 5.91 Å². The largest absolute Gasteiger partial charge is 0.354 e. The molecule has 1 fully saturated rings. The zero-order chi connectivity index (χ0) is 13.0. The Morgan fingerprint density at radius 2 is 2.39 bits per heavy atom. The molecule has 2 rings (SSSR count). The summed E-state index contributed by atoms with van der Waals surface area (Å²) in [6.07, 6.45) is 3.79. The molecule has 4 nitrogen and oxygen atoms in total. The first-order valence-corrected chi connectivity index (χ1v) is 6.26. The van der Waals surface area contributed by atoms with Crippen molar-refractivity contribution in [2.24, 2.45) is 11.3 Å². The number of nitriles is 1. The van der Waals surface area contributed by atoms with Gasteiger partial charge in [-0.3, -0.25) is 9.78 Å². The molecule has 0 unspecified atom stereocenters. The van der Waals surface area contributed by atoms with Gasteiger partial charge in [0.1, 0.15) is 5.41 Å². The minimum Gasteiger partial charge on any atom is -0.354 e. The first-order chi connectivity index (χ1) is 8.66. The molecule has 1 aliphatic carbocycles. The van der Waals surface area contributed by atoms with Gasteiger partial charge in [0.25, 0.3) is 0 Å². The third-order valence-corrected chi connectivity index (χ3v) is 3.44. The molecule has 0 saturated heterocycles. The molecule has 1 heterocycles. The van der Waals surface area contributed by atoms with Gasteiger partial charge >= 0.3 is 0 Å². The van der Waals surface area contributed by atoms with Crippen molar-refractivity contribution in [2.75, 3.05) is 6.54 Å². The molecule has 0 aliphatic heterocycles. The summed E-state index contributed by atoms with van der Waals surface area (Å²) in [5.41, 5.74) is 0.176. The van der Waals surface area contributed by atoms with Crippen molar-refractivity contribution in [2.45, 2.75) is 26.2 Å². The number of aromatic nitrogens is 1. The summed E-state index contributed by atoms with van der Waals surface area (Å²) in [6, 6.07) is 7.88. The number of hydrogen-bond donors (Lipinski definition) is 1. The highest BCUT2D eigenvalue weighted by Gasteiger charge is 2.48. The summed E-state index contributed by atoms with van der Waals surface area (Å²) >= 11 is 0. The van der Waals surface area contributed by atoms with Gasteiger partial charge in [0.05, 0.1) is 6.07 Å². The number of carbonyl (C=O) groups is 1. The average molecular weight is 243 g/mol. The minimum atomic E-state index is -0.774. The summed E-state index contributed by atoms with van der Waals surface area (Å²) in [5, 5.41) is 12.0. The lowest BCUT2D eigenvalue weighted by atomic mass is 9.63. The average Bonchev–Trinajstić information content (AvgIpc) is 2.36. The fourth-order valence-corrected chi connectivity index (χ4v) is 2.48. The number of nitrogens with zero attached hydrogens (tertiary/aromatic N) is 2. The third kappa shape index (κ3) is 2.51. The maximum Gasteiger partial charge on any atom is 0.240 e. The summed E-state index contributed by atoms with van der Waals surface area (Å²) in [4.78, 5) is 16.1. The highest BCUT2D eigenvalue weighted by Crippen LogP contribution is 2.44. The highest BCUT2D eigenvalue weighted by molar-refractivity contribution is 5.86. The highest BCUT2D eigenvalue weighted by atomic mass is 16.2. The van der Waals surface area contributed by atoms with E-state index >= 15 is 0 Å². The van der Waals surface area contributed by atoms with Gasteiger partial charge in [-0.15, -0.1) is 0 Å². The second kappa shape index (κ2) is 5.18. The van der Waals surface area contributed by atoms with Gasteiger partial charge in [0.15, 0.2) is 0 Å². The van der Waals surface area contributed by atoms with Gasteiger partial charge in [-0.05, 0) is 30.9 Å². The van der Waals surface area contributed by atoms with E-state index in [2.05, 4.69) is 23.3 Å². The fourth-order valence-electron chi connectivity index (χ4n) is 2.48. The SMILES string of the molecule is CC1CC(C#N)(C(=O)NCCc2ccccn2)C1. The predicted molar refractivity (Wildman–Crippen MR) is 67.4 cm³/mol. The van der Waals surface area contributed by atoms with Crippen LogP contribution in [-0.4, -0.2) is 17.4 Å². The van der Waals surface area contributed by atoms with Gasteiger partial charge < -0.3 is 5.32 Å². The van der Waals surface area contributed by atoms with Crippen LogP contribution in [0.25, 0.3) is 0 Å². The molecular weight excluding hydrogens is 226 g/mol. The van der Waals surface area contributed by atoms with Gasteiger partial charge in [-0.2, -0.15) is 5.26 Å². The first-order valence-electron chi connectivity index (χ1n) is 6.26. The zero-order valence-electron chi connectivity index (χ0n) is 10.5. The van der Waals surface area contributed by atoms with Crippen molar-refractivity contribution in [1.29, 1.82) is 5.26 Å². The molecule has 1 aliphatic rings. The Morgan fingerprint density at radius 1 is 1.61 bits per heavy atom. The minimum absolute atomic E-state index is 0.126. The van der Waals surface area contributed by atoms with E-state index in [4.69, 9.17) is 5.26 Å². The van der Waals surface area contributed by atoms with Crippen LogP contribution in [0.1, 0.15) is 25.5 Å². The van der Waals surface area contributed by atoms with Crippen LogP contribution in [0, 0.1) is 22.7 Å². The molecule has 18 heavy (non-hydrogen) atoms. The number of carbonyl (C=O) groups excluding carboxylic acids is 1. The Morgan fingerprint density at radius 3 is 2.94 bits per heavy atom. The normalized spacial score (nSPS) is 25.9. The molecule has 1 aromatic rings. The van der Waals surface area contributed by atoms with E-state index in [1.807, 2.05) is 18.2 Å². The van der Waals surface area contributed by atoms with Crippen LogP contribution in [0.3, 0.4) is 0 Å². The molecule has 0 radical (unpaired) electrons. The van der Waals surface area contributed by atoms with E-state index in [0.717, 1.165) is 5.69 Å². The van der Waals surface area contributed by atoms with E-state index in [0.29, 0.717) is 31.7 Å². The Labute approximate surface area is 107 Å². The van der Waals surface area contributed by atoms with Crippen LogP contribution in [0.15, 0.2) is 24.4 Å². The van der Waals surface area contributed by atoms with E-state index in [-0.39, 0.29) is 5.91 Å². The van der Waals surface area contributed by atoms with Crippen molar-refractivity contribution < 1.29 is 4.79 Å². The van der Waals surface area contributed by atoms with Crippen LogP contribution in [0.5, 0.6) is 0 Å². The Hall–Kier alpha value is -1.89. The smallest absolute Gasteiger partial charge is 0.240 e. The van der Waals surface area contributed by atoms with Crippen LogP contribution in [0.2, 0.25) is 0 Å². The molecule has 0 spiro atoms. The molecule has 0 aromatic carbocycles. The number of hydrogen-bond acceptors (Lipinski definition) is 3. The topological polar surface area (TPSA) is 65.8 Å². The van der Waals surface area contributed by atoms with Crippen LogP contribution in [-0.2, 0) is 11.2 Å². The second-order valence-corrected chi connectivity index (χ2v) is 5.03. The Bertz CT molecular complexity index is 458. The van der Waals surface area contributed by atoms with Crippen molar-refractivity contribution in [3.05, 3.63) is 30.1 Å². The standard InChI is InChI=1S/C14H17N3O/c1-11-8-14(9-11,10-15)13(18)17-7-5-12-4-2-3-6-16-12/h2-4,6,11H,5,7-9H2,1H3,(H,17,18). The van der Waals surface area contributed by atoms with Crippen LogP contribution in [0.4, 0.5) is 0 Å². The number of nitrogens with one attached hydrogen (secondary N) is 1. The van der Waals surface area contributed by atoms with E-state index in [1.54, 1.807) is 6.20 Å². The molecule has 1 aromatic heterocycles. The van der Waals surface area contributed by atoms with Crippen LogP contribution < -0.4 is 5.32 Å². The Balaban J connectivity index is 1.81. The molecule has 1 amide bonds. The fraction of sp³-hybridized carbons (Fsp3) is 0.500. The summed E-state index contributed by atoms with van der Waals surface area (Å²) in [5.74, 6) is 0.352. The summed E-state index contributed by atoms with van der Waals surface area (Å²) in [6.45, 7) is 2.60. The molecule has 4 heteroatoms. The van der Waals surface area contributed by atoms with E-state index < -0.39 is 5.41 Å². The Kier molecular flexibility index (Phi) is 3.61.